The van der Waals surface area contributed by atoms with Gasteiger partial charge >= 0.3 is 0 Å². The van der Waals surface area contributed by atoms with Gasteiger partial charge in [0.15, 0.2) is 0 Å². The van der Waals surface area contributed by atoms with E-state index in [0.717, 1.165) is 25.9 Å². The molecule has 2 atom stereocenters. The summed E-state index contributed by atoms with van der Waals surface area (Å²) in [4.78, 5) is 17.2. The van der Waals surface area contributed by atoms with Crippen molar-refractivity contribution in [2.45, 2.75) is 38.3 Å². The fraction of sp³-hybridized carbons (Fsp3) is 0.375. The van der Waals surface area contributed by atoms with E-state index in [-0.39, 0.29) is 23.9 Å². The van der Waals surface area contributed by atoms with Crippen molar-refractivity contribution in [1.82, 2.24) is 4.90 Å². The summed E-state index contributed by atoms with van der Waals surface area (Å²) in [6.07, 6.45) is 3.09. The van der Waals surface area contributed by atoms with Crippen molar-refractivity contribution in [3.8, 4) is 0 Å². The Kier molecular flexibility index (Phi) is 4.43. The molecule has 0 N–H and O–H groups in total. The van der Waals surface area contributed by atoms with E-state index in [2.05, 4.69) is 60.4 Å². The molecule has 5 rings (SSSR count). The van der Waals surface area contributed by atoms with Crippen molar-refractivity contribution in [1.29, 1.82) is 0 Å². The fourth-order valence-corrected chi connectivity index (χ4v) is 5.17. The van der Waals surface area contributed by atoms with Crippen LogP contribution in [-0.4, -0.2) is 35.8 Å². The van der Waals surface area contributed by atoms with Gasteiger partial charge in [0.05, 0.1) is 6.04 Å². The van der Waals surface area contributed by atoms with Gasteiger partial charge in [-0.1, -0.05) is 36.4 Å². The van der Waals surface area contributed by atoms with E-state index < -0.39 is 0 Å². The number of carbonyl (C=O) groups excluding carboxylic acids is 1. The molecule has 2 aromatic carbocycles. The lowest BCUT2D eigenvalue weighted by Gasteiger charge is -2.42. The minimum atomic E-state index is -0.0251. The second-order valence-corrected chi connectivity index (χ2v) is 8.43. The minimum absolute atomic E-state index is 0.0218. The monoisotopic (exact) mass is 392 g/mol. The van der Waals surface area contributed by atoms with Crippen molar-refractivity contribution >= 4 is 28.8 Å². The number of rotatable bonds is 3. The van der Waals surface area contributed by atoms with Gasteiger partial charge in [-0.05, 0) is 66.2 Å². The zero-order chi connectivity index (χ0) is 19.3. The second-order valence-electron chi connectivity index (χ2n) is 8.16. The molecule has 2 aliphatic heterocycles. The molecule has 0 unspecified atom stereocenters. The van der Waals surface area contributed by atoms with Gasteiger partial charge in [-0.2, -0.15) is 0 Å². The Labute approximate surface area is 171 Å². The molecule has 4 heteroatoms. The minimum Gasteiger partial charge on any atom is -0.371 e. The van der Waals surface area contributed by atoms with Crippen LogP contribution >= 0.6 is 11.6 Å². The first-order chi connectivity index (χ1) is 13.7. The molecular weight excluding hydrogens is 368 g/mol. The Morgan fingerprint density at radius 2 is 1.86 bits per heavy atom. The van der Waals surface area contributed by atoms with Gasteiger partial charge in [-0.3, -0.25) is 4.79 Å². The maximum Gasteiger partial charge on any atom is 0.238 e. The predicted octanol–water partition coefficient (Wildman–Crippen LogP) is 4.81. The summed E-state index contributed by atoms with van der Waals surface area (Å²) < 4.78 is 0. The standard InChI is InChI=1S/C24H25ClN2O/c1-16-13-21-20-6-3-2-5-18(20)14-22(21)24(27(16)23(28)15-25)17-7-9-19(10-8-17)26-11-4-12-26/h2-3,5-10,16,24H,4,11-15H2,1H3/t16-,24-/m0/s1. The van der Waals surface area contributed by atoms with Crippen LogP contribution in [0.5, 0.6) is 0 Å². The fourth-order valence-electron chi connectivity index (χ4n) is 5.04. The van der Waals surface area contributed by atoms with E-state index in [1.807, 2.05) is 4.90 Å². The van der Waals surface area contributed by atoms with E-state index in [4.69, 9.17) is 11.6 Å². The largest absolute Gasteiger partial charge is 0.371 e. The molecule has 0 saturated carbocycles. The van der Waals surface area contributed by atoms with Crippen LogP contribution in [-0.2, 0) is 11.2 Å². The molecule has 0 bridgehead atoms. The van der Waals surface area contributed by atoms with Gasteiger partial charge in [0, 0.05) is 24.8 Å². The van der Waals surface area contributed by atoms with Crippen molar-refractivity contribution in [3.05, 3.63) is 70.8 Å². The first-order valence-electron chi connectivity index (χ1n) is 10.2. The Bertz CT molecular complexity index is 945. The highest BCUT2D eigenvalue weighted by molar-refractivity contribution is 6.27. The van der Waals surface area contributed by atoms with E-state index >= 15 is 0 Å². The molecule has 1 amide bonds. The summed E-state index contributed by atoms with van der Waals surface area (Å²) in [5.74, 6) is 0.0518. The molecule has 0 spiro atoms. The van der Waals surface area contributed by atoms with Crippen molar-refractivity contribution in [2.75, 3.05) is 23.9 Å². The van der Waals surface area contributed by atoms with Crippen molar-refractivity contribution in [2.24, 2.45) is 0 Å². The van der Waals surface area contributed by atoms with Crippen LogP contribution in [0.15, 0.2) is 54.1 Å². The van der Waals surface area contributed by atoms with Crippen LogP contribution in [0.1, 0.15) is 42.5 Å². The molecule has 1 aliphatic carbocycles. The molecule has 0 radical (unpaired) electrons. The lowest BCUT2D eigenvalue weighted by Crippen LogP contribution is -2.45. The smallest absolute Gasteiger partial charge is 0.238 e. The number of benzene rings is 2. The lowest BCUT2D eigenvalue weighted by molar-refractivity contribution is -0.132. The quantitative estimate of drug-likeness (QED) is 0.700. The molecule has 1 saturated heterocycles. The molecule has 1 fully saturated rings. The molecule has 2 aromatic rings. The Morgan fingerprint density at radius 3 is 2.54 bits per heavy atom. The third-order valence-corrected chi connectivity index (χ3v) is 6.75. The van der Waals surface area contributed by atoms with Crippen molar-refractivity contribution < 1.29 is 4.79 Å². The van der Waals surface area contributed by atoms with Gasteiger partial charge in [-0.25, -0.2) is 0 Å². The predicted molar refractivity (Wildman–Crippen MR) is 115 cm³/mol. The van der Waals surface area contributed by atoms with Gasteiger partial charge in [0.25, 0.3) is 0 Å². The average molecular weight is 393 g/mol. The second kappa shape index (κ2) is 6.97. The Balaban J connectivity index is 1.58. The molecule has 2 heterocycles. The SMILES string of the molecule is C[C@H]1CC2=C(Cc3ccccc32)[C@H](c2ccc(N3CCC3)cc2)N1C(=O)CCl. The average Bonchev–Trinajstić information content (AvgIpc) is 3.04. The van der Waals surface area contributed by atoms with Crippen LogP contribution in [0.3, 0.4) is 0 Å². The van der Waals surface area contributed by atoms with E-state index in [1.54, 1.807) is 0 Å². The van der Waals surface area contributed by atoms with E-state index in [0.29, 0.717) is 0 Å². The summed E-state index contributed by atoms with van der Waals surface area (Å²) in [7, 11) is 0. The Morgan fingerprint density at radius 1 is 1.11 bits per heavy atom. The number of anilines is 1. The maximum atomic E-state index is 12.8. The number of amides is 1. The molecule has 3 aliphatic rings. The number of hydrogen-bond acceptors (Lipinski definition) is 2. The number of alkyl halides is 1. The van der Waals surface area contributed by atoms with Gasteiger partial charge in [0.1, 0.15) is 5.88 Å². The van der Waals surface area contributed by atoms with Crippen molar-refractivity contribution in [3.63, 3.8) is 0 Å². The summed E-state index contributed by atoms with van der Waals surface area (Å²) in [5, 5.41) is 0. The molecule has 28 heavy (non-hydrogen) atoms. The summed E-state index contributed by atoms with van der Waals surface area (Å²) in [5.41, 5.74) is 8.01. The maximum absolute atomic E-state index is 12.8. The number of fused-ring (bicyclic) bond motifs is 2. The van der Waals surface area contributed by atoms with Gasteiger partial charge in [0.2, 0.25) is 5.91 Å². The highest BCUT2D eigenvalue weighted by Crippen LogP contribution is 2.48. The van der Waals surface area contributed by atoms with Gasteiger partial charge < -0.3 is 9.80 Å². The number of nitrogens with zero attached hydrogens (tertiary/aromatic N) is 2. The van der Waals surface area contributed by atoms with E-state index in [1.165, 1.54) is 39.9 Å². The topological polar surface area (TPSA) is 23.6 Å². The van der Waals surface area contributed by atoms with Crippen LogP contribution in [0.2, 0.25) is 0 Å². The third kappa shape index (κ3) is 2.76. The highest BCUT2D eigenvalue weighted by atomic mass is 35.5. The molecule has 144 valence electrons. The van der Waals surface area contributed by atoms with E-state index in [9.17, 15) is 4.79 Å². The van der Waals surface area contributed by atoms with Crippen LogP contribution in [0.4, 0.5) is 5.69 Å². The number of hydrogen-bond donors (Lipinski definition) is 0. The summed E-state index contributed by atoms with van der Waals surface area (Å²) >= 11 is 6.01. The van der Waals surface area contributed by atoms with Gasteiger partial charge in [-0.15, -0.1) is 11.6 Å². The first kappa shape index (κ1) is 17.8. The molecule has 0 aromatic heterocycles. The van der Waals surface area contributed by atoms with Crippen LogP contribution in [0, 0.1) is 0 Å². The third-order valence-electron chi connectivity index (χ3n) is 6.53. The lowest BCUT2D eigenvalue weighted by atomic mass is 9.85. The van der Waals surface area contributed by atoms with Crippen LogP contribution in [0.25, 0.3) is 5.57 Å². The summed E-state index contributed by atoms with van der Waals surface area (Å²) in [6, 6.07) is 17.6. The number of halogens is 1. The molecule has 3 nitrogen and oxygen atoms in total. The first-order valence-corrected chi connectivity index (χ1v) is 10.7. The number of carbonyl (C=O) groups is 1. The zero-order valence-corrected chi connectivity index (χ0v) is 17.0. The molecular formula is C24H25ClN2O. The highest BCUT2D eigenvalue weighted by Gasteiger charge is 2.40. The van der Waals surface area contributed by atoms with Crippen LogP contribution < -0.4 is 4.90 Å². The summed E-state index contributed by atoms with van der Waals surface area (Å²) in [6.45, 7) is 4.43. The zero-order valence-electron chi connectivity index (χ0n) is 16.2. The normalized spacial score (nSPS) is 23.4. The Hall–Kier alpha value is -2.26.